The lowest BCUT2D eigenvalue weighted by atomic mass is 10.3. The first-order valence-corrected chi connectivity index (χ1v) is 10.2. The molecular weight excluding hydrogens is 421 g/mol. The molecule has 0 aromatic heterocycles. The topological polar surface area (TPSA) is 78.5 Å². The smallest absolute Gasteiger partial charge is 0.257 e. The minimum Gasteiger partial charge on any atom is -0.312 e. The van der Waals surface area contributed by atoms with Gasteiger partial charge in [-0.1, -0.05) is 34.8 Å². The van der Waals surface area contributed by atoms with E-state index in [0.717, 1.165) is 6.42 Å². The lowest BCUT2D eigenvalue weighted by Gasteiger charge is -2.16. The summed E-state index contributed by atoms with van der Waals surface area (Å²) in [5.41, 5.74) is 3.36. The Hall–Kier alpha value is -1.51. The van der Waals surface area contributed by atoms with Crippen LogP contribution < -0.4 is 15.2 Å². The van der Waals surface area contributed by atoms with E-state index >= 15 is 0 Å². The molecule has 138 valence electrons. The molecule has 2 N–H and O–H groups in total. The van der Waals surface area contributed by atoms with E-state index in [-0.39, 0.29) is 26.5 Å². The Morgan fingerprint density at radius 2 is 1.62 bits per heavy atom. The van der Waals surface area contributed by atoms with E-state index < -0.39 is 10.0 Å². The number of amides is 1. The van der Waals surface area contributed by atoms with E-state index in [1.165, 1.54) is 24.3 Å². The van der Waals surface area contributed by atoms with Crippen molar-refractivity contribution in [2.45, 2.75) is 17.7 Å². The van der Waals surface area contributed by atoms with Crippen LogP contribution in [-0.2, 0) is 14.8 Å². The van der Waals surface area contributed by atoms with Crippen LogP contribution in [-0.4, -0.2) is 20.9 Å². The summed E-state index contributed by atoms with van der Waals surface area (Å²) < 4.78 is 24.9. The lowest BCUT2D eigenvalue weighted by molar-refractivity contribution is -0.117. The molecule has 0 saturated carbocycles. The van der Waals surface area contributed by atoms with E-state index in [1.807, 2.05) is 0 Å². The molecule has 1 saturated heterocycles. The lowest BCUT2D eigenvalue weighted by Crippen LogP contribution is -2.30. The number of hydrogen-bond donors (Lipinski definition) is 2. The third kappa shape index (κ3) is 4.07. The number of carbonyl (C=O) groups is 1. The molecular formula is C16H14Cl3N3O3S. The Labute approximate surface area is 166 Å². The minimum absolute atomic E-state index is 0.0293. The molecule has 26 heavy (non-hydrogen) atoms. The minimum atomic E-state index is -3.87. The van der Waals surface area contributed by atoms with E-state index in [2.05, 4.69) is 10.3 Å². The fourth-order valence-electron chi connectivity index (χ4n) is 2.57. The first-order valence-electron chi connectivity index (χ1n) is 7.61. The number of halogens is 3. The van der Waals surface area contributed by atoms with Gasteiger partial charge in [0, 0.05) is 23.7 Å². The quantitative estimate of drug-likeness (QED) is 0.695. The highest BCUT2D eigenvalue weighted by molar-refractivity contribution is 7.89. The summed E-state index contributed by atoms with van der Waals surface area (Å²) in [7, 11) is -3.87. The molecule has 2 aromatic rings. The molecule has 0 unspecified atom stereocenters. The highest BCUT2D eigenvalue weighted by Gasteiger charge is 2.22. The van der Waals surface area contributed by atoms with Gasteiger partial charge in [-0.25, -0.2) is 8.42 Å². The average molecular weight is 435 g/mol. The van der Waals surface area contributed by atoms with Crippen LogP contribution in [0.1, 0.15) is 12.8 Å². The maximum Gasteiger partial charge on any atom is 0.257 e. The van der Waals surface area contributed by atoms with Crippen molar-refractivity contribution >= 4 is 62.1 Å². The first kappa shape index (κ1) is 19.3. The molecule has 2 aromatic carbocycles. The zero-order valence-electron chi connectivity index (χ0n) is 13.3. The summed E-state index contributed by atoms with van der Waals surface area (Å²) in [6.07, 6.45) is 1.31. The number of nitrogens with zero attached hydrogens (tertiary/aromatic N) is 1. The van der Waals surface area contributed by atoms with Gasteiger partial charge in [0.25, 0.3) is 10.0 Å². The second-order valence-corrected chi connectivity index (χ2v) is 8.55. The zero-order chi connectivity index (χ0) is 18.9. The number of carbonyl (C=O) groups excluding carboxylic acids is 1. The predicted octanol–water partition coefficient (Wildman–Crippen LogP) is 4.08. The van der Waals surface area contributed by atoms with Gasteiger partial charge in [-0.2, -0.15) is 0 Å². The third-order valence-electron chi connectivity index (χ3n) is 3.85. The fourth-order valence-corrected chi connectivity index (χ4v) is 4.33. The van der Waals surface area contributed by atoms with Crippen LogP contribution in [0.5, 0.6) is 0 Å². The molecule has 6 nitrogen and oxygen atoms in total. The SMILES string of the molecule is O=C1CCCN1c1ccc(S(=O)(=O)NNc2c(Cl)cc(Cl)cc2Cl)cc1. The van der Waals surface area contributed by atoms with Gasteiger partial charge in [-0.15, -0.1) is 4.83 Å². The fraction of sp³-hybridized carbons (Fsp3) is 0.188. The number of benzene rings is 2. The van der Waals surface area contributed by atoms with Gasteiger partial charge in [0.1, 0.15) is 0 Å². The Balaban J connectivity index is 1.75. The number of hydrogen-bond acceptors (Lipinski definition) is 4. The highest BCUT2D eigenvalue weighted by atomic mass is 35.5. The van der Waals surface area contributed by atoms with Crippen molar-refractivity contribution in [2.75, 3.05) is 16.9 Å². The predicted molar refractivity (Wildman–Crippen MR) is 103 cm³/mol. The van der Waals surface area contributed by atoms with E-state index in [1.54, 1.807) is 17.0 Å². The van der Waals surface area contributed by atoms with Gasteiger partial charge in [-0.05, 0) is 42.8 Å². The second kappa shape index (κ2) is 7.62. The van der Waals surface area contributed by atoms with E-state index in [4.69, 9.17) is 34.8 Å². The Kier molecular flexibility index (Phi) is 5.64. The summed E-state index contributed by atoms with van der Waals surface area (Å²) >= 11 is 17.9. The number of hydrazine groups is 1. The van der Waals surface area contributed by atoms with Crippen LogP contribution in [0, 0.1) is 0 Å². The van der Waals surface area contributed by atoms with Crippen LogP contribution in [0.3, 0.4) is 0 Å². The zero-order valence-corrected chi connectivity index (χ0v) is 16.4. The molecule has 0 spiro atoms. The Morgan fingerprint density at radius 1 is 1.00 bits per heavy atom. The summed E-state index contributed by atoms with van der Waals surface area (Å²) in [6.45, 7) is 0.637. The van der Waals surface area contributed by atoms with Crippen LogP contribution in [0.2, 0.25) is 15.1 Å². The maximum atomic E-state index is 12.4. The molecule has 10 heteroatoms. The Morgan fingerprint density at radius 3 is 2.15 bits per heavy atom. The van der Waals surface area contributed by atoms with Crippen LogP contribution in [0.15, 0.2) is 41.3 Å². The van der Waals surface area contributed by atoms with E-state index in [0.29, 0.717) is 23.7 Å². The highest BCUT2D eigenvalue weighted by Crippen LogP contribution is 2.33. The van der Waals surface area contributed by atoms with Crippen molar-refractivity contribution in [3.05, 3.63) is 51.5 Å². The van der Waals surface area contributed by atoms with Gasteiger partial charge in [0.05, 0.1) is 20.6 Å². The van der Waals surface area contributed by atoms with Crippen molar-refractivity contribution in [2.24, 2.45) is 0 Å². The number of rotatable bonds is 5. The van der Waals surface area contributed by atoms with Gasteiger partial charge in [0.2, 0.25) is 5.91 Å². The summed E-state index contributed by atoms with van der Waals surface area (Å²) in [6, 6.07) is 8.92. The molecule has 1 heterocycles. The Bertz CT molecular complexity index is 926. The van der Waals surface area contributed by atoms with Crippen LogP contribution in [0.4, 0.5) is 11.4 Å². The van der Waals surface area contributed by atoms with Gasteiger partial charge in [0.15, 0.2) is 0 Å². The monoisotopic (exact) mass is 433 g/mol. The van der Waals surface area contributed by atoms with Crippen molar-refractivity contribution in [1.82, 2.24) is 4.83 Å². The number of nitrogens with one attached hydrogen (secondary N) is 2. The van der Waals surface area contributed by atoms with Crippen molar-refractivity contribution in [3.63, 3.8) is 0 Å². The van der Waals surface area contributed by atoms with Gasteiger partial charge in [-0.3, -0.25) is 4.79 Å². The standard InChI is InChI=1S/C16H14Cl3N3O3S/c17-10-8-13(18)16(14(19)9-10)20-21-26(24,25)12-5-3-11(4-6-12)22-7-1-2-15(22)23/h3-6,8-9,20-21H,1-2,7H2. The molecule has 0 bridgehead atoms. The van der Waals surface area contributed by atoms with Crippen LogP contribution in [0.25, 0.3) is 0 Å². The van der Waals surface area contributed by atoms with Crippen molar-refractivity contribution in [3.8, 4) is 0 Å². The normalized spacial score (nSPS) is 14.7. The third-order valence-corrected chi connectivity index (χ3v) is 5.93. The van der Waals surface area contributed by atoms with Crippen molar-refractivity contribution in [1.29, 1.82) is 0 Å². The van der Waals surface area contributed by atoms with Crippen molar-refractivity contribution < 1.29 is 13.2 Å². The molecule has 3 rings (SSSR count). The van der Waals surface area contributed by atoms with Crippen LogP contribution >= 0.6 is 34.8 Å². The second-order valence-electron chi connectivity index (χ2n) is 5.62. The molecule has 0 atom stereocenters. The van der Waals surface area contributed by atoms with Gasteiger partial charge < -0.3 is 10.3 Å². The van der Waals surface area contributed by atoms with Gasteiger partial charge >= 0.3 is 0 Å². The maximum absolute atomic E-state index is 12.4. The number of anilines is 2. The summed E-state index contributed by atoms with van der Waals surface area (Å²) in [4.78, 5) is 15.6. The molecule has 1 aliphatic rings. The summed E-state index contributed by atoms with van der Waals surface area (Å²) in [5.74, 6) is 0.0346. The largest absolute Gasteiger partial charge is 0.312 e. The molecule has 1 amide bonds. The molecule has 0 radical (unpaired) electrons. The average Bonchev–Trinajstić information content (AvgIpc) is 3.00. The van der Waals surface area contributed by atoms with E-state index in [9.17, 15) is 13.2 Å². The molecule has 1 aliphatic heterocycles. The summed E-state index contributed by atoms with van der Waals surface area (Å²) in [5, 5.41) is 0.682. The molecule has 1 fully saturated rings. The first-order chi connectivity index (χ1) is 12.3. The molecule has 0 aliphatic carbocycles. The number of sulfonamides is 1.